The van der Waals surface area contributed by atoms with E-state index in [4.69, 9.17) is 27.9 Å². The molecule has 2 aromatic rings. The van der Waals surface area contributed by atoms with Crippen molar-refractivity contribution >= 4 is 29.2 Å². The Bertz CT molecular complexity index is 1030. The Morgan fingerprint density at radius 1 is 1.24 bits per heavy atom. The van der Waals surface area contributed by atoms with Crippen LogP contribution in [0.1, 0.15) is 25.8 Å². The fraction of sp³-hybridized carbons (Fsp3) is 0.273. The molecule has 4 nitrogen and oxygen atoms in total. The van der Waals surface area contributed by atoms with Crippen LogP contribution in [-0.2, 0) is 10.2 Å². The first kappa shape index (κ1) is 21.2. The second-order valence-corrected chi connectivity index (χ2v) is 8.41. The first-order chi connectivity index (χ1) is 13.6. The zero-order chi connectivity index (χ0) is 21.4. The van der Waals surface area contributed by atoms with E-state index in [9.17, 15) is 19.6 Å². The summed E-state index contributed by atoms with van der Waals surface area (Å²) in [6.45, 7) is 3.24. The molecule has 3 atom stereocenters. The molecule has 29 heavy (non-hydrogen) atoms. The number of ether oxygens (including phenoxy) is 1. The predicted octanol–water partition coefficient (Wildman–Crippen LogP) is 6.20. The van der Waals surface area contributed by atoms with E-state index >= 15 is 0 Å². The molecule has 1 saturated carbocycles. The van der Waals surface area contributed by atoms with E-state index in [1.165, 1.54) is 24.3 Å². The molecule has 7 heteroatoms. The summed E-state index contributed by atoms with van der Waals surface area (Å²) in [6.07, 6.45) is 1.38. The normalized spacial score (nSPS) is 27.6. The molecular formula is C22H18Cl2FNO3. The number of para-hydroxylation sites is 1. The topological polar surface area (TPSA) is 70.3 Å². The van der Waals surface area contributed by atoms with Crippen LogP contribution in [0.25, 0.3) is 0 Å². The van der Waals surface area contributed by atoms with Gasteiger partial charge in [-0.05, 0) is 42.8 Å². The molecular weight excluding hydrogens is 416 g/mol. The molecule has 0 spiro atoms. The summed E-state index contributed by atoms with van der Waals surface area (Å²) < 4.78 is 20.0. The first-order valence-electron chi connectivity index (χ1n) is 8.81. The highest BCUT2D eigenvalue weighted by Gasteiger charge is 2.85. The lowest BCUT2D eigenvalue weighted by atomic mass is 9.84. The Labute approximate surface area is 178 Å². The van der Waals surface area contributed by atoms with Gasteiger partial charge in [0.2, 0.25) is 0 Å². The number of carbonyl (C=O) groups is 1. The molecule has 1 fully saturated rings. The lowest BCUT2D eigenvalue weighted by Gasteiger charge is -2.20. The van der Waals surface area contributed by atoms with Crippen molar-refractivity contribution in [2.45, 2.75) is 25.7 Å². The predicted molar refractivity (Wildman–Crippen MR) is 108 cm³/mol. The number of nitriles is 1. The van der Waals surface area contributed by atoms with Crippen molar-refractivity contribution in [3.63, 3.8) is 0 Å². The molecule has 0 amide bonds. The number of nitrogens with zero attached hydrogens (tertiary/aromatic N) is 1. The summed E-state index contributed by atoms with van der Waals surface area (Å²) in [5.74, 6) is -1.34. The van der Waals surface area contributed by atoms with Crippen molar-refractivity contribution in [1.29, 1.82) is 5.26 Å². The zero-order valence-electron chi connectivity index (χ0n) is 15.7. The number of hydrogen-bond donors (Lipinski definition) is 1. The maximum atomic E-state index is 14.5. The number of halogens is 3. The average Bonchev–Trinajstić information content (AvgIpc) is 3.08. The molecule has 0 heterocycles. The lowest BCUT2D eigenvalue weighted by molar-refractivity contribution is -0.144. The van der Waals surface area contributed by atoms with Gasteiger partial charge in [0, 0.05) is 17.3 Å². The van der Waals surface area contributed by atoms with E-state index in [1.54, 1.807) is 44.2 Å². The minimum Gasteiger partial charge on any atom is -0.481 e. The van der Waals surface area contributed by atoms with Crippen molar-refractivity contribution < 1.29 is 19.0 Å². The minimum atomic E-state index is -1.38. The Morgan fingerprint density at radius 2 is 1.90 bits per heavy atom. The van der Waals surface area contributed by atoms with Gasteiger partial charge in [0.25, 0.3) is 0 Å². The molecule has 0 radical (unpaired) electrons. The highest BCUT2D eigenvalue weighted by Crippen LogP contribution is 2.81. The molecule has 2 aromatic carbocycles. The Balaban J connectivity index is 2.20. The van der Waals surface area contributed by atoms with Gasteiger partial charge in [-0.3, -0.25) is 4.79 Å². The first-order valence-corrected chi connectivity index (χ1v) is 9.57. The van der Waals surface area contributed by atoms with Gasteiger partial charge in [0.15, 0.2) is 11.6 Å². The third kappa shape index (κ3) is 2.99. The third-order valence-electron chi connectivity index (χ3n) is 6.24. The summed E-state index contributed by atoms with van der Waals surface area (Å²) in [7, 11) is 0. The lowest BCUT2D eigenvalue weighted by Crippen LogP contribution is -2.22. The van der Waals surface area contributed by atoms with Gasteiger partial charge in [0.1, 0.15) is 10.2 Å². The number of carboxylic acids is 1. The molecule has 1 aliphatic carbocycles. The Kier molecular flexibility index (Phi) is 5.38. The zero-order valence-corrected chi connectivity index (χ0v) is 17.3. The van der Waals surface area contributed by atoms with E-state index < -0.39 is 28.0 Å². The van der Waals surface area contributed by atoms with Crippen LogP contribution in [0.3, 0.4) is 0 Å². The highest BCUT2D eigenvalue weighted by atomic mass is 35.5. The summed E-state index contributed by atoms with van der Waals surface area (Å²) in [5, 5.41) is 19.4. The second-order valence-electron chi connectivity index (χ2n) is 7.40. The molecule has 1 N–H and O–H groups in total. The van der Waals surface area contributed by atoms with Crippen molar-refractivity contribution in [2.75, 3.05) is 0 Å². The van der Waals surface area contributed by atoms with E-state index in [2.05, 4.69) is 6.07 Å². The number of benzene rings is 2. The van der Waals surface area contributed by atoms with Crippen LogP contribution in [0.15, 0.2) is 59.1 Å². The smallest absolute Gasteiger partial charge is 0.311 e. The maximum absolute atomic E-state index is 14.5. The van der Waals surface area contributed by atoms with Gasteiger partial charge in [-0.2, -0.15) is 5.26 Å². The largest absolute Gasteiger partial charge is 0.481 e. The quantitative estimate of drug-likeness (QED) is 0.588. The number of allylic oxidation sites excluding steroid dienone is 1. The number of rotatable bonds is 6. The van der Waals surface area contributed by atoms with Crippen molar-refractivity contribution in [2.24, 2.45) is 10.8 Å². The van der Waals surface area contributed by atoms with Gasteiger partial charge in [-0.1, -0.05) is 54.4 Å². The van der Waals surface area contributed by atoms with Crippen LogP contribution in [0.5, 0.6) is 11.5 Å². The SMILES string of the molecule is CC1(CC#N)C(C)(C(=O)O)C1(C=C(Cl)Cl)c1ccc(F)c(Oc2ccccc2)c1. The molecule has 0 aliphatic heterocycles. The Hall–Kier alpha value is -2.55. The van der Waals surface area contributed by atoms with Gasteiger partial charge in [-0.25, -0.2) is 4.39 Å². The van der Waals surface area contributed by atoms with Crippen LogP contribution in [0, 0.1) is 28.0 Å². The fourth-order valence-corrected chi connectivity index (χ4v) is 4.83. The van der Waals surface area contributed by atoms with Crippen LogP contribution >= 0.6 is 23.2 Å². The van der Waals surface area contributed by atoms with Gasteiger partial charge >= 0.3 is 5.97 Å². The summed E-state index contributed by atoms with van der Waals surface area (Å²) in [5.41, 5.74) is -3.17. The monoisotopic (exact) mass is 433 g/mol. The second kappa shape index (κ2) is 7.37. The molecule has 3 rings (SSSR count). The van der Waals surface area contributed by atoms with E-state index in [1.807, 2.05) is 0 Å². The van der Waals surface area contributed by atoms with Crippen molar-refractivity contribution in [3.05, 3.63) is 70.5 Å². The summed E-state index contributed by atoms with van der Waals surface area (Å²) in [6, 6.07) is 14.8. The molecule has 0 saturated heterocycles. The van der Waals surface area contributed by atoms with Crippen molar-refractivity contribution in [1.82, 2.24) is 0 Å². The third-order valence-corrected chi connectivity index (χ3v) is 6.46. The minimum absolute atomic E-state index is 0.0559. The van der Waals surface area contributed by atoms with E-state index in [0.717, 1.165) is 0 Å². The standard InChI is InChI=1S/C22H18Cl2FNO3/c1-20(10-11-26)21(2,19(27)28)22(20,13-18(23)24)14-8-9-16(25)17(12-14)29-15-6-4-3-5-7-15/h3-9,12-13H,10H2,1-2H3,(H,27,28). The molecule has 0 aromatic heterocycles. The maximum Gasteiger partial charge on any atom is 0.311 e. The number of hydrogen-bond acceptors (Lipinski definition) is 3. The van der Waals surface area contributed by atoms with E-state index in [-0.39, 0.29) is 16.7 Å². The van der Waals surface area contributed by atoms with Crippen molar-refractivity contribution in [3.8, 4) is 17.6 Å². The van der Waals surface area contributed by atoms with Crippen LogP contribution < -0.4 is 4.74 Å². The Morgan fingerprint density at radius 3 is 2.45 bits per heavy atom. The molecule has 3 unspecified atom stereocenters. The van der Waals surface area contributed by atoms with Crippen LogP contribution in [-0.4, -0.2) is 11.1 Å². The van der Waals surface area contributed by atoms with Gasteiger partial charge in [0.05, 0.1) is 11.5 Å². The van der Waals surface area contributed by atoms with Gasteiger partial charge < -0.3 is 9.84 Å². The molecule has 0 bridgehead atoms. The van der Waals surface area contributed by atoms with E-state index in [0.29, 0.717) is 11.3 Å². The van der Waals surface area contributed by atoms with Crippen LogP contribution in [0.2, 0.25) is 0 Å². The summed E-state index contributed by atoms with van der Waals surface area (Å²) >= 11 is 11.9. The van der Waals surface area contributed by atoms with Crippen LogP contribution in [0.4, 0.5) is 4.39 Å². The fourth-order valence-electron chi connectivity index (χ4n) is 4.50. The average molecular weight is 434 g/mol. The molecule has 1 aliphatic rings. The summed E-state index contributed by atoms with van der Waals surface area (Å²) in [4.78, 5) is 12.3. The van der Waals surface area contributed by atoms with Gasteiger partial charge in [-0.15, -0.1) is 0 Å². The molecule has 150 valence electrons. The highest BCUT2D eigenvalue weighted by molar-refractivity contribution is 6.56. The number of aliphatic carboxylic acids is 1. The number of carboxylic acid groups (broad SMARTS) is 1.